The number of nitrogens with one attached hydrogen (secondary N) is 2. The van der Waals surface area contributed by atoms with Gasteiger partial charge in [-0.25, -0.2) is 5.43 Å². The van der Waals surface area contributed by atoms with E-state index in [1.165, 1.54) is 0 Å². The molecule has 3 aromatic carbocycles. The molecular weight excluding hydrogens is 348 g/mol. The highest BCUT2D eigenvalue weighted by Gasteiger charge is 2.21. The van der Waals surface area contributed by atoms with Gasteiger partial charge in [0.1, 0.15) is 0 Å². The third-order valence-corrected chi connectivity index (χ3v) is 5.44. The van der Waals surface area contributed by atoms with Gasteiger partial charge in [-0.15, -0.1) is 0 Å². The van der Waals surface area contributed by atoms with Crippen LogP contribution in [0.15, 0.2) is 59.7 Å². The molecule has 5 nitrogen and oxygen atoms in total. The molecule has 0 saturated carbocycles. The maximum absolute atomic E-state index is 12.6. The van der Waals surface area contributed by atoms with Crippen LogP contribution in [0.4, 0.5) is 0 Å². The number of fused-ring (bicyclic) bond motifs is 3. The lowest BCUT2D eigenvalue weighted by Crippen LogP contribution is -2.20. The molecule has 0 radical (unpaired) electrons. The monoisotopic (exact) mass is 368 g/mol. The number of carbonyl (C=O) groups excluding carboxylic acids is 1. The van der Waals surface area contributed by atoms with Crippen molar-refractivity contribution >= 4 is 33.7 Å². The van der Waals surface area contributed by atoms with Gasteiger partial charge in [-0.05, 0) is 53.3 Å². The predicted molar refractivity (Wildman–Crippen MR) is 112 cm³/mol. The minimum absolute atomic E-state index is 0.264. The molecule has 1 aliphatic carbocycles. The van der Waals surface area contributed by atoms with Crippen molar-refractivity contribution in [3.05, 3.63) is 77.1 Å². The van der Waals surface area contributed by atoms with Gasteiger partial charge in [0.05, 0.1) is 6.21 Å². The lowest BCUT2D eigenvalue weighted by atomic mass is 9.96. The molecule has 5 rings (SSSR count). The van der Waals surface area contributed by atoms with Crippen LogP contribution in [0, 0.1) is 0 Å². The molecule has 2 N–H and O–H groups in total. The summed E-state index contributed by atoms with van der Waals surface area (Å²) in [6.07, 6.45) is 5.83. The number of hydrogen-bond acceptors (Lipinski definition) is 3. The third kappa shape index (κ3) is 2.85. The molecule has 0 bridgehead atoms. The van der Waals surface area contributed by atoms with Gasteiger partial charge in [0, 0.05) is 16.8 Å². The maximum Gasteiger partial charge on any atom is 0.292 e. The number of hydrogen-bond donors (Lipinski definition) is 2. The van der Waals surface area contributed by atoms with Crippen molar-refractivity contribution in [2.24, 2.45) is 5.10 Å². The second-order valence-electron chi connectivity index (χ2n) is 7.17. The number of H-pyrrole nitrogens is 1. The van der Waals surface area contributed by atoms with Crippen molar-refractivity contribution in [2.75, 3.05) is 0 Å². The number of rotatable bonds is 3. The van der Waals surface area contributed by atoms with E-state index in [9.17, 15) is 4.79 Å². The van der Waals surface area contributed by atoms with Crippen LogP contribution >= 0.6 is 0 Å². The molecule has 1 aliphatic rings. The summed E-state index contributed by atoms with van der Waals surface area (Å²) in [5, 5.41) is 16.0. The molecule has 0 fully saturated rings. The van der Waals surface area contributed by atoms with E-state index < -0.39 is 0 Å². The molecule has 28 heavy (non-hydrogen) atoms. The molecule has 4 aromatic rings. The lowest BCUT2D eigenvalue weighted by molar-refractivity contribution is 0.0949. The van der Waals surface area contributed by atoms with Crippen LogP contribution in [0.3, 0.4) is 0 Å². The van der Waals surface area contributed by atoms with Crippen molar-refractivity contribution < 1.29 is 4.79 Å². The summed E-state index contributed by atoms with van der Waals surface area (Å²) in [6, 6.07) is 18.6. The molecule has 0 atom stereocenters. The first-order valence-electron chi connectivity index (χ1n) is 9.61. The number of hydrazone groups is 1. The summed E-state index contributed by atoms with van der Waals surface area (Å²) in [5.74, 6) is -0.264. The van der Waals surface area contributed by atoms with E-state index in [2.05, 4.69) is 51.1 Å². The van der Waals surface area contributed by atoms with Gasteiger partial charge in [-0.3, -0.25) is 9.89 Å². The van der Waals surface area contributed by atoms with Gasteiger partial charge in [-0.2, -0.15) is 10.2 Å². The normalized spacial score (nSPS) is 13.9. The largest absolute Gasteiger partial charge is 0.292 e. The van der Waals surface area contributed by atoms with Gasteiger partial charge in [0.15, 0.2) is 5.69 Å². The maximum atomic E-state index is 12.6. The third-order valence-electron chi connectivity index (χ3n) is 5.44. The van der Waals surface area contributed by atoms with E-state index in [-0.39, 0.29) is 5.91 Å². The quantitative estimate of drug-likeness (QED) is 0.320. The Kier molecular flexibility index (Phi) is 4.13. The van der Waals surface area contributed by atoms with Crippen molar-refractivity contribution in [3.63, 3.8) is 0 Å². The molecule has 5 heteroatoms. The fourth-order valence-electron chi connectivity index (χ4n) is 4.07. The molecule has 1 aromatic heterocycles. The zero-order valence-electron chi connectivity index (χ0n) is 15.4. The Morgan fingerprint density at radius 2 is 1.68 bits per heavy atom. The van der Waals surface area contributed by atoms with E-state index in [1.54, 1.807) is 6.21 Å². The average molecular weight is 368 g/mol. The van der Waals surface area contributed by atoms with E-state index in [0.717, 1.165) is 64.0 Å². The Bertz CT molecular complexity index is 1170. The van der Waals surface area contributed by atoms with Gasteiger partial charge in [-0.1, -0.05) is 48.5 Å². The summed E-state index contributed by atoms with van der Waals surface area (Å²) in [5.41, 5.74) is 6.25. The van der Waals surface area contributed by atoms with Gasteiger partial charge >= 0.3 is 0 Å². The van der Waals surface area contributed by atoms with Crippen molar-refractivity contribution in [1.82, 2.24) is 15.6 Å². The molecule has 0 saturated heterocycles. The van der Waals surface area contributed by atoms with Gasteiger partial charge in [0.25, 0.3) is 5.91 Å². The van der Waals surface area contributed by atoms with Crippen molar-refractivity contribution in [3.8, 4) is 0 Å². The SMILES string of the molecule is O=C(N/N=C\c1c2ccccc2cc2ccccc12)c1n[nH]c2c1CCCC2. The summed E-state index contributed by atoms with van der Waals surface area (Å²) < 4.78 is 0. The van der Waals surface area contributed by atoms with Crippen LogP contribution in [0.2, 0.25) is 0 Å². The first-order chi connectivity index (χ1) is 13.8. The van der Waals surface area contributed by atoms with Crippen LogP contribution in [-0.4, -0.2) is 22.3 Å². The molecule has 1 amide bonds. The fourth-order valence-corrected chi connectivity index (χ4v) is 4.07. The topological polar surface area (TPSA) is 70.1 Å². The van der Waals surface area contributed by atoms with Gasteiger partial charge < -0.3 is 0 Å². The van der Waals surface area contributed by atoms with E-state index >= 15 is 0 Å². The predicted octanol–water partition coefficient (Wildman–Crippen LogP) is 4.36. The smallest absolute Gasteiger partial charge is 0.281 e. The van der Waals surface area contributed by atoms with E-state index in [1.807, 2.05) is 24.3 Å². The van der Waals surface area contributed by atoms with E-state index in [4.69, 9.17) is 0 Å². The summed E-state index contributed by atoms with van der Waals surface area (Å²) >= 11 is 0. The van der Waals surface area contributed by atoms with Gasteiger partial charge in [0.2, 0.25) is 0 Å². The minimum Gasteiger partial charge on any atom is -0.281 e. The average Bonchev–Trinajstić information content (AvgIpc) is 3.17. The summed E-state index contributed by atoms with van der Waals surface area (Å²) in [6.45, 7) is 0. The summed E-state index contributed by atoms with van der Waals surface area (Å²) in [4.78, 5) is 12.6. The fraction of sp³-hybridized carbons (Fsp3) is 0.174. The lowest BCUT2D eigenvalue weighted by Gasteiger charge is -2.10. The number of nitrogens with zero attached hydrogens (tertiary/aromatic N) is 2. The molecule has 138 valence electrons. The standard InChI is InChI=1S/C23H20N4O/c28-23(22-19-11-5-6-12-21(19)25-26-22)27-24-14-20-17-9-3-1-7-15(17)13-16-8-2-4-10-18(16)20/h1-4,7-10,13-14H,5-6,11-12H2,(H,25,26)(H,27,28)/b24-14-. The number of carbonyl (C=O) groups is 1. The first kappa shape index (κ1) is 16.7. The zero-order chi connectivity index (χ0) is 18.9. The highest BCUT2D eigenvalue weighted by molar-refractivity contribution is 6.13. The Hall–Kier alpha value is -3.47. The van der Waals surface area contributed by atoms with Crippen molar-refractivity contribution in [1.29, 1.82) is 0 Å². The van der Waals surface area contributed by atoms with Crippen LogP contribution in [0.25, 0.3) is 21.5 Å². The molecule has 0 spiro atoms. The van der Waals surface area contributed by atoms with Crippen LogP contribution in [0.1, 0.15) is 40.2 Å². The Balaban J connectivity index is 1.48. The number of aryl methyl sites for hydroxylation is 1. The van der Waals surface area contributed by atoms with Crippen LogP contribution < -0.4 is 5.43 Å². The first-order valence-corrected chi connectivity index (χ1v) is 9.61. The highest BCUT2D eigenvalue weighted by Crippen LogP contribution is 2.27. The summed E-state index contributed by atoms with van der Waals surface area (Å²) in [7, 11) is 0. The zero-order valence-corrected chi connectivity index (χ0v) is 15.4. The Morgan fingerprint density at radius 1 is 1.00 bits per heavy atom. The second kappa shape index (κ2) is 6.93. The van der Waals surface area contributed by atoms with Crippen LogP contribution in [-0.2, 0) is 12.8 Å². The second-order valence-corrected chi connectivity index (χ2v) is 7.17. The highest BCUT2D eigenvalue weighted by atomic mass is 16.2. The number of amides is 1. The van der Waals surface area contributed by atoms with Crippen LogP contribution in [0.5, 0.6) is 0 Å². The number of aromatic amines is 1. The Labute approximate surface area is 162 Å². The molecular formula is C23H20N4O. The number of aromatic nitrogens is 2. The minimum atomic E-state index is -0.264. The van der Waals surface area contributed by atoms with E-state index in [0.29, 0.717) is 5.69 Å². The number of benzene rings is 3. The molecule has 1 heterocycles. The molecule has 0 unspecified atom stereocenters. The molecule has 0 aliphatic heterocycles. The van der Waals surface area contributed by atoms with Crippen molar-refractivity contribution in [2.45, 2.75) is 25.7 Å². The Morgan fingerprint density at radius 3 is 2.43 bits per heavy atom.